The molecule has 1 amide bonds. The van der Waals surface area contributed by atoms with Crippen LogP contribution in [-0.4, -0.2) is 15.8 Å². The molecule has 0 atom stereocenters. The van der Waals surface area contributed by atoms with E-state index in [1.54, 1.807) is 12.1 Å². The number of hydrogen-bond acceptors (Lipinski definition) is 4. The number of nitro benzene ring substituents is 1. The predicted molar refractivity (Wildman–Crippen MR) is 80.1 cm³/mol. The maximum Gasteiger partial charge on any atom is 0.293 e. The van der Waals surface area contributed by atoms with Gasteiger partial charge in [0.2, 0.25) is 5.91 Å². The number of benzene rings is 1. The number of carbonyl (C=O) groups is 1. The fourth-order valence-corrected chi connectivity index (χ4v) is 2.16. The predicted octanol–water partition coefficient (Wildman–Crippen LogP) is 3.23. The number of carbonyl (C=O) groups excluding carboxylic acids is 1. The van der Waals surface area contributed by atoms with Crippen LogP contribution in [0.15, 0.2) is 30.3 Å². The van der Waals surface area contributed by atoms with Gasteiger partial charge in [0.05, 0.1) is 4.92 Å². The quantitative estimate of drug-likeness (QED) is 0.693. The second-order valence-corrected chi connectivity index (χ2v) is 4.81. The number of aryl methyl sites for hydroxylation is 2. The van der Waals surface area contributed by atoms with Crippen LogP contribution in [-0.2, 0) is 4.79 Å². The fraction of sp³-hybridized carbons (Fsp3) is 0.200. The standard InChI is InChI=1S/C15H15N3O3/c1-9-6-13(7-10(2)16-9)12-4-5-14(17-11(3)19)15(8-12)18(20)21/h4-8H,1-3H3,(H,17,19). The molecule has 2 rings (SSSR count). The van der Waals surface area contributed by atoms with Crippen molar-refractivity contribution < 1.29 is 9.72 Å². The lowest BCUT2D eigenvalue weighted by Gasteiger charge is -2.08. The van der Waals surface area contributed by atoms with Crippen molar-refractivity contribution in [1.82, 2.24) is 4.98 Å². The lowest BCUT2D eigenvalue weighted by atomic mass is 10.0. The van der Waals surface area contributed by atoms with Crippen molar-refractivity contribution >= 4 is 17.3 Å². The number of amides is 1. The van der Waals surface area contributed by atoms with Gasteiger partial charge >= 0.3 is 0 Å². The minimum absolute atomic E-state index is 0.130. The molecule has 0 aliphatic heterocycles. The van der Waals surface area contributed by atoms with E-state index >= 15 is 0 Å². The average Bonchev–Trinajstić information content (AvgIpc) is 2.37. The van der Waals surface area contributed by atoms with Gasteiger partial charge in [-0.1, -0.05) is 6.07 Å². The van der Waals surface area contributed by atoms with Crippen LogP contribution in [0.2, 0.25) is 0 Å². The number of pyridine rings is 1. The second kappa shape index (κ2) is 5.70. The molecule has 0 saturated heterocycles. The zero-order chi connectivity index (χ0) is 15.6. The highest BCUT2D eigenvalue weighted by Crippen LogP contribution is 2.31. The molecule has 0 fully saturated rings. The minimum Gasteiger partial charge on any atom is -0.321 e. The maximum atomic E-state index is 11.2. The summed E-state index contributed by atoms with van der Waals surface area (Å²) in [5, 5.41) is 13.6. The normalized spacial score (nSPS) is 10.2. The van der Waals surface area contributed by atoms with Crippen LogP contribution < -0.4 is 5.32 Å². The Bertz CT molecular complexity index is 706. The number of rotatable bonds is 3. The number of nitrogens with one attached hydrogen (secondary N) is 1. The molecule has 1 aromatic carbocycles. The zero-order valence-electron chi connectivity index (χ0n) is 12.0. The Morgan fingerprint density at radius 3 is 2.29 bits per heavy atom. The molecule has 1 heterocycles. The topological polar surface area (TPSA) is 85.1 Å². The van der Waals surface area contributed by atoms with Gasteiger partial charge in [-0.15, -0.1) is 0 Å². The van der Waals surface area contributed by atoms with Crippen molar-refractivity contribution in [2.75, 3.05) is 5.32 Å². The van der Waals surface area contributed by atoms with E-state index in [0.717, 1.165) is 17.0 Å². The number of anilines is 1. The summed E-state index contributed by atoms with van der Waals surface area (Å²) in [4.78, 5) is 26.0. The van der Waals surface area contributed by atoms with Crippen LogP contribution in [0.1, 0.15) is 18.3 Å². The van der Waals surface area contributed by atoms with Gasteiger partial charge in [0, 0.05) is 24.4 Å². The summed E-state index contributed by atoms with van der Waals surface area (Å²) < 4.78 is 0. The Labute approximate surface area is 122 Å². The number of nitrogens with zero attached hydrogens (tertiary/aromatic N) is 2. The Hall–Kier alpha value is -2.76. The molecular formula is C15H15N3O3. The Balaban J connectivity index is 2.53. The molecule has 1 aromatic heterocycles. The summed E-state index contributed by atoms with van der Waals surface area (Å²) in [6, 6.07) is 8.47. The summed E-state index contributed by atoms with van der Waals surface area (Å²) >= 11 is 0. The van der Waals surface area contributed by atoms with E-state index in [9.17, 15) is 14.9 Å². The van der Waals surface area contributed by atoms with Crippen molar-refractivity contribution in [3.8, 4) is 11.1 Å². The molecule has 6 nitrogen and oxygen atoms in total. The first-order valence-corrected chi connectivity index (χ1v) is 6.38. The Morgan fingerprint density at radius 1 is 1.14 bits per heavy atom. The first kappa shape index (κ1) is 14.6. The van der Waals surface area contributed by atoms with Crippen LogP contribution in [0, 0.1) is 24.0 Å². The Kier molecular flexibility index (Phi) is 3.98. The van der Waals surface area contributed by atoms with E-state index in [0.29, 0.717) is 5.56 Å². The SMILES string of the molecule is CC(=O)Nc1ccc(-c2cc(C)nc(C)c2)cc1[N+](=O)[O-]. The summed E-state index contributed by atoms with van der Waals surface area (Å²) in [5.74, 6) is -0.346. The van der Waals surface area contributed by atoms with Gasteiger partial charge < -0.3 is 5.32 Å². The van der Waals surface area contributed by atoms with Crippen molar-refractivity contribution in [2.24, 2.45) is 0 Å². The minimum atomic E-state index is -0.504. The summed E-state index contributed by atoms with van der Waals surface area (Å²) in [5.41, 5.74) is 3.33. The molecule has 0 aliphatic carbocycles. The van der Waals surface area contributed by atoms with E-state index in [4.69, 9.17) is 0 Å². The molecule has 2 aromatic rings. The third-order valence-electron chi connectivity index (χ3n) is 2.92. The third kappa shape index (κ3) is 3.42. The van der Waals surface area contributed by atoms with Crippen LogP contribution in [0.4, 0.5) is 11.4 Å². The molecule has 108 valence electrons. The first-order valence-electron chi connectivity index (χ1n) is 6.38. The third-order valence-corrected chi connectivity index (χ3v) is 2.92. The summed E-state index contributed by atoms with van der Waals surface area (Å²) in [7, 11) is 0. The lowest BCUT2D eigenvalue weighted by Crippen LogP contribution is -2.08. The molecule has 0 unspecified atom stereocenters. The molecular weight excluding hydrogens is 270 g/mol. The average molecular weight is 285 g/mol. The Morgan fingerprint density at radius 2 is 1.76 bits per heavy atom. The number of aromatic nitrogens is 1. The van der Waals surface area contributed by atoms with Crippen molar-refractivity contribution in [1.29, 1.82) is 0 Å². The van der Waals surface area contributed by atoms with E-state index in [2.05, 4.69) is 10.3 Å². The second-order valence-electron chi connectivity index (χ2n) is 4.81. The highest BCUT2D eigenvalue weighted by molar-refractivity contribution is 5.92. The molecule has 6 heteroatoms. The molecule has 0 aliphatic rings. The van der Waals surface area contributed by atoms with Crippen molar-refractivity contribution in [3.05, 3.63) is 51.8 Å². The van der Waals surface area contributed by atoms with E-state index < -0.39 is 4.92 Å². The molecule has 1 N–H and O–H groups in total. The highest BCUT2D eigenvalue weighted by atomic mass is 16.6. The monoisotopic (exact) mass is 285 g/mol. The zero-order valence-corrected chi connectivity index (χ0v) is 12.0. The number of hydrogen-bond donors (Lipinski definition) is 1. The summed E-state index contributed by atoms with van der Waals surface area (Å²) in [6.45, 7) is 5.06. The van der Waals surface area contributed by atoms with E-state index in [-0.39, 0.29) is 17.3 Å². The molecule has 0 saturated carbocycles. The largest absolute Gasteiger partial charge is 0.321 e. The lowest BCUT2D eigenvalue weighted by molar-refractivity contribution is -0.383. The van der Waals surface area contributed by atoms with Crippen LogP contribution in [0.5, 0.6) is 0 Å². The van der Waals surface area contributed by atoms with Crippen LogP contribution in [0.25, 0.3) is 11.1 Å². The van der Waals surface area contributed by atoms with Crippen molar-refractivity contribution in [2.45, 2.75) is 20.8 Å². The molecule has 0 radical (unpaired) electrons. The van der Waals surface area contributed by atoms with E-state index in [1.165, 1.54) is 13.0 Å². The van der Waals surface area contributed by atoms with Gasteiger partial charge in [-0.3, -0.25) is 19.9 Å². The molecule has 0 bridgehead atoms. The van der Waals surface area contributed by atoms with Crippen molar-refractivity contribution in [3.63, 3.8) is 0 Å². The smallest absolute Gasteiger partial charge is 0.293 e. The number of nitro groups is 1. The van der Waals surface area contributed by atoms with Gasteiger partial charge in [-0.25, -0.2) is 0 Å². The first-order chi connectivity index (χ1) is 9.86. The van der Waals surface area contributed by atoms with Gasteiger partial charge in [0.15, 0.2) is 0 Å². The molecule has 21 heavy (non-hydrogen) atoms. The van der Waals surface area contributed by atoms with Crippen LogP contribution >= 0.6 is 0 Å². The van der Waals surface area contributed by atoms with E-state index in [1.807, 2.05) is 26.0 Å². The van der Waals surface area contributed by atoms with Crippen LogP contribution in [0.3, 0.4) is 0 Å². The highest BCUT2D eigenvalue weighted by Gasteiger charge is 2.16. The summed E-state index contributed by atoms with van der Waals surface area (Å²) in [6.07, 6.45) is 0. The molecule has 0 spiro atoms. The van der Waals surface area contributed by atoms with Gasteiger partial charge in [-0.05, 0) is 43.2 Å². The van der Waals surface area contributed by atoms with Gasteiger partial charge in [-0.2, -0.15) is 0 Å². The van der Waals surface area contributed by atoms with Gasteiger partial charge in [0.25, 0.3) is 5.69 Å². The fourth-order valence-electron chi connectivity index (χ4n) is 2.16. The van der Waals surface area contributed by atoms with Gasteiger partial charge in [0.1, 0.15) is 5.69 Å². The maximum absolute atomic E-state index is 11.2.